The molecule has 1 saturated heterocycles. The van der Waals surface area contributed by atoms with E-state index in [0.29, 0.717) is 6.54 Å². The van der Waals surface area contributed by atoms with E-state index >= 15 is 0 Å². The van der Waals surface area contributed by atoms with E-state index in [9.17, 15) is 4.79 Å². The number of pyridine rings is 1. The topological polar surface area (TPSA) is 85.2 Å². The maximum atomic E-state index is 12.2. The van der Waals surface area contributed by atoms with Crippen LogP contribution in [0.25, 0.3) is 11.0 Å². The summed E-state index contributed by atoms with van der Waals surface area (Å²) in [6, 6.07) is 11.5. The predicted octanol–water partition coefficient (Wildman–Crippen LogP) is 0.979. The Morgan fingerprint density at radius 2 is 2.00 bits per heavy atom. The molecule has 2 aromatic heterocycles. The van der Waals surface area contributed by atoms with Crippen LogP contribution in [0.1, 0.15) is 5.56 Å². The van der Waals surface area contributed by atoms with Crippen molar-refractivity contribution in [3.63, 3.8) is 0 Å². The van der Waals surface area contributed by atoms with Crippen molar-refractivity contribution in [1.29, 1.82) is 0 Å². The second-order valence-electron chi connectivity index (χ2n) is 6.14. The van der Waals surface area contributed by atoms with E-state index in [4.69, 9.17) is 4.74 Å². The molecule has 8 nitrogen and oxygen atoms in total. The lowest BCUT2D eigenvalue weighted by Gasteiger charge is -2.27. The Morgan fingerprint density at radius 3 is 2.81 bits per heavy atom. The van der Waals surface area contributed by atoms with Gasteiger partial charge >= 0.3 is 0 Å². The molecule has 8 heteroatoms. The molecular weight excluding hydrogens is 332 g/mol. The second-order valence-corrected chi connectivity index (χ2v) is 6.14. The summed E-state index contributed by atoms with van der Waals surface area (Å²) in [6.45, 7) is 3.75. The smallest absolute Gasteiger partial charge is 0.242 e. The Morgan fingerprint density at radius 1 is 1.15 bits per heavy atom. The largest absolute Gasteiger partial charge is 0.378 e. The lowest BCUT2D eigenvalue weighted by Crippen LogP contribution is -2.36. The molecular formula is C18H20N6O2. The van der Waals surface area contributed by atoms with E-state index in [1.807, 2.05) is 36.4 Å². The SMILES string of the molecule is O=C(Cn1nnc2ccccc21)NCc1ccc(N2CCOCC2)nc1. The van der Waals surface area contributed by atoms with Crippen molar-refractivity contribution in [3.8, 4) is 0 Å². The summed E-state index contributed by atoms with van der Waals surface area (Å²) >= 11 is 0. The van der Waals surface area contributed by atoms with Crippen LogP contribution in [-0.2, 0) is 22.6 Å². The third-order valence-corrected chi connectivity index (χ3v) is 4.35. The van der Waals surface area contributed by atoms with Crippen LogP contribution in [0.15, 0.2) is 42.6 Å². The molecule has 1 N–H and O–H groups in total. The van der Waals surface area contributed by atoms with Crippen molar-refractivity contribution in [2.75, 3.05) is 31.2 Å². The van der Waals surface area contributed by atoms with E-state index in [1.165, 1.54) is 0 Å². The highest BCUT2D eigenvalue weighted by molar-refractivity contribution is 5.79. The first-order valence-electron chi connectivity index (χ1n) is 8.62. The molecule has 134 valence electrons. The molecule has 1 aliphatic heterocycles. The number of nitrogens with zero attached hydrogens (tertiary/aromatic N) is 5. The molecule has 1 aliphatic rings. The average Bonchev–Trinajstić information content (AvgIpc) is 3.10. The van der Waals surface area contributed by atoms with Gasteiger partial charge in [0.1, 0.15) is 17.9 Å². The molecule has 1 aromatic carbocycles. The Kier molecular flexibility index (Phi) is 4.74. The standard InChI is InChI=1S/C18H20N6O2/c25-18(13-24-16-4-2-1-3-15(16)21-22-24)20-12-14-5-6-17(19-11-14)23-7-9-26-10-8-23/h1-6,11H,7-10,12-13H2,(H,20,25). The molecule has 26 heavy (non-hydrogen) atoms. The molecule has 4 rings (SSSR count). The molecule has 0 aliphatic carbocycles. The average molecular weight is 352 g/mol. The van der Waals surface area contributed by atoms with Gasteiger partial charge in [-0.1, -0.05) is 23.4 Å². The zero-order valence-corrected chi connectivity index (χ0v) is 14.3. The van der Waals surface area contributed by atoms with Crippen molar-refractivity contribution >= 4 is 22.8 Å². The van der Waals surface area contributed by atoms with Gasteiger partial charge in [-0.25, -0.2) is 9.67 Å². The Hall–Kier alpha value is -3.00. The van der Waals surface area contributed by atoms with Crippen LogP contribution in [-0.4, -0.2) is 52.2 Å². The molecule has 1 fully saturated rings. The van der Waals surface area contributed by atoms with Crippen molar-refractivity contribution in [1.82, 2.24) is 25.3 Å². The van der Waals surface area contributed by atoms with E-state index in [-0.39, 0.29) is 12.5 Å². The van der Waals surface area contributed by atoms with Crippen molar-refractivity contribution in [3.05, 3.63) is 48.2 Å². The minimum atomic E-state index is -0.113. The number of hydrogen-bond acceptors (Lipinski definition) is 6. The van der Waals surface area contributed by atoms with Crippen LogP contribution < -0.4 is 10.2 Å². The number of aromatic nitrogens is 4. The molecule has 3 heterocycles. The number of carbonyl (C=O) groups is 1. The fourth-order valence-corrected chi connectivity index (χ4v) is 2.93. The Labute approximate surface area is 150 Å². The molecule has 0 unspecified atom stereocenters. The van der Waals surface area contributed by atoms with Gasteiger partial charge in [0.2, 0.25) is 5.91 Å². The quantitative estimate of drug-likeness (QED) is 0.737. The van der Waals surface area contributed by atoms with Gasteiger partial charge < -0.3 is 15.0 Å². The van der Waals surface area contributed by atoms with Gasteiger partial charge in [0.15, 0.2) is 0 Å². The summed E-state index contributed by atoms with van der Waals surface area (Å²) < 4.78 is 6.95. The summed E-state index contributed by atoms with van der Waals surface area (Å²) in [5.74, 6) is 0.829. The van der Waals surface area contributed by atoms with Crippen LogP contribution in [0.5, 0.6) is 0 Å². The summed E-state index contributed by atoms with van der Waals surface area (Å²) in [4.78, 5) is 18.9. The number of anilines is 1. The second kappa shape index (κ2) is 7.49. The van der Waals surface area contributed by atoms with Crippen LogP contribution in [0, 0.1) is 0 Å². The molecule has 0 spiro atoms. The van der Waals surface area contributed by atoms with Crippen molar-refractivity contribution in [2.24, 2.45) is 0 Å². The van der Waals surface area contributed by atoms with Crippen LogP contribution >= 0.6 is 0 Å². The van der Waals surface area contributed by atoms with Gasteiger partial charge in [-0.2, -0.15) is 0 Å². The number of ether oxygens (including phenoxy) is 1. The fourth-order valence-electron chi connectivity index (χ4n) is 2.93. The molecule has 0 atom stereocenters. The minimum absolute atomic E-state index is 0.113. The zero-order valence-electron chi connectivity index (χ0n) is 14.3. The maximum absolute atomic E-state index is 12.2. The summed E-state index contributed by atoms with van der Waals surface area (Å²) in [7, 11) is 0. The highest BCUT2D eigenvalue weighted by Gasteiger charge is 2.12. The molecule has 3 aromatic rings. The summed E-state index contributed by atoms with van der Waals surface area (Å²) in [6.07, 6.45) is 1.80. The number of amides is 1. The van der Waals surface area contributed by atoms with Gasteiger partial charge in [0.05, 0.1) is 18.7 Å². The van der Waals surface area contributed by atoms with Crippen molar-refractivity contribution in [2.45, 2.75) is 13.1 Å². The number of benzene rings is 1. The monoisotopic (exact) mass is 352 g/mol. The normalized spacial score (nSPS) is 14.5. The van der Waals surface area contributed by atoms with E-state index in [2.05, 4.69) is 25.5 Å². The minimum Gasteiger partial charge on any atom is -0.378 e. The number of fused-ring (bicyclic) bond motifs is 1. The Balaban J connectivity index is 1.32. The van der Waals surface area contributed by atoms with E-state index < -0.39 is 0 Å². The predicted molar refractivity (Wildman–Crippen MR) is 96.6 cm³/mol. The maximum Gasteiger partial charge on any atom is 0.242 e. The molecule has 0 bridgehead atoms. The first-order chi connectivity index (χ1) is 12.8. The fraction of sp³-hybridized carbons (Fsp3) is 0.333. The lowest BCUT2D eigenvalue weighted by atomic mass is 10.2. The number of carbonyl (C=O) groups excluding carboxylic acids is 1. The summed E-state index contributed by atoms with van der Waals surface area (Å²) in [5.41, 5.74) is 2.58. The Bertz CT molecular complexity index is 886. The summed E-state index contributed by atoms with van der Waals surface area (Å²) in [5, 5.41) is 11.0. The molecule has 0 saturated carbocycles. The number of rotatable bonds is 5. The first-order valence-corrected chi connectivity index (χ1v) is 8.62. The van der Waals surface area contributed by atoms with Gasteiger partial charge in [-0.3, -0.25) is 4.79 Å². The number of morpholine rings is 1. The van der Waals surface area contributed by atoms with Crippen molar-refractivity contribution < 1.29 is 9.53 Å². The van der Waals surface area contributed by atoms with Crippen LogP contribution in [0.2, 0.25) is 0 Å². The highest BCUT2D eigenvalue weighted by Crippen LogP contribution is 2.13. The van der Waals surface area contributed by atoms with Crippen LogP contribution in [0.3, 0.4) is 0 Å². The zero-order chi connectivity index (χ0) is 17.8. The van der Waals surface area contributed by atoms with Gasteiger partial charge in [0, 0.05) is 25.8 Å². The number of hydrogen-bond donors (Lipinski definition) is 1. The third kappa shape index (κ3) is 3.65. The number of nitrogens with one attached hydrogen (secondary N) is 1. The van der Waals surface area contributed by atoms with E-state index in [0.717, 1.165) is 48.7 Å². The van der Waals surface area contributed by atoms with Gasteiger partial charge in [0.25, 0.3) is 0 Å². The first kappa shape index (κ1) is 16.5. The third-order valence-electron chi connectivity index (χ3n) is 4.35. The molecule has 1 amide bonds. The lowest BCUT2D eigenvalue weighted by molar-refractivity contribution is -0.121. The molecule has 0 radical (unpaired) electrons. The highest BCUT2D eigenvalue weighted by atomic mass is 16.5. The number of para-hydroxylation sites is 1. The van der Waals surface area contributed by atoms with Gasteiger partial charge in [-0.05, 0) is 23.8 Å². The van der Waals surface area contributed by atoms with Crippen LogP contribution in [0.4, 0.5) is 5.82 Å². The van der Waals surface area contributed by atoms with E-state index in [1.54, 1.807) is 10.9 Å². The van der Waals surface area contributed by atoms with Gasteiger partial charge in [-0.15, -0.1) is 5.10 Å².